The molecular formula is C28H22N2O5S. The van der Waals surface area contributed by atoms with Crippen molar-refractivity contribution in [2.24, 2.45) is 0 Å². The van der Waals surface area contributed by atoms with Crippen LogP contribution in [-0.4, -0.2) is 26.9 Å². The molecule has 1 fully saturated rings. The molecule has 180 valence electrons. The van der Waals surface area contributed by atoms with Gasteiger partial charge in [-0.25, -0.2) is 4.98 Å². The molecule has 0 saturated carbocycles. The van der Waals surface area contributed by atoms with E-state index in [1.54, 1.807) is 41.8 Å². The first-order valence-corrected chi connectivity index (χ1v) is 12.1. The van der Waals surface area contributed by atoms with Crippen LogP contribution in [-0.2, 0) is 16.2 Å². The Morgan fingerprint density at radius 3 is 2.53 bits per heavy atom. The molecule has 7 nitrogen and oxygen atoms in total. The summed E-state index contributed by atoms with van der Waals surface area (Å²) in [6.45, 7) is 2.41. The van der Waals surface area contributed by atoms with E-state index in [-0.39, 0.29) is 17.1 Å². The van der Waals surface area contributed by atoms with Gasteiger partial charge in [0.2, 0.25) is 0 Å². The molecule has 1 aliphatic heterocycles. The van der Waals surface area contributed by atoms with E-state index in [0.717, 1.165) is 11.1 Å². The largest absolute Gasteiger partial charge is 0.508 e. The Bertz CT molecular complexity index is 1460. The predicted octanol–water partition coefficient (Wildman–Crippen LogP) is 5.36. The number of benzene rings is 3. The Balaban J connectivity index is 1.49. The van der Waals surface area contributed by atoms with Crippen molar-refractivity contribution < 1.29 is 24.5 Å². The lowest BCUT2D eigenvalue weighted by Crippen LogP contribution is -2.29. The maximum atomic E-state index is 13.1. The van der Waals surface area contributed by atoms with Gasteiger partial charge >= 0.3 is 5.91 Å². The number of thiazole rings is 1. The Kier molecular flexibility index (Phi) is 6.26. The normalized spacial score (nSPS) is 16.9. The van der Waals surface area contributed by atoms with Gasteiger partial charge in [0.05, 0.1) is 11.6 Å². The van der Waals surface area contributed by atoms with Crippen molar-refractivity contribution in [2.75, 3.05) is 4.90 Å². The Hall–Kier alpha value is -4.43. The number of rotatable bonds is 6. The number of carbonyl (C=O) groups excluding carboxylic acids is 2. The van der Waals surface area contributed by atoms with Gasteiger partial charge in [-0.15, -0.1) is 11.3 Å². The van der Waals surface area contributed by atoms with E-state index < -0.39 is 17.7 Å². The van der Waals surface area contributed by atoms with E-state index >= 15 is 0 Å². The summed E-state index contributed by atoms with van der Waals surface area (Å²) < 4.78 is 5.85. The molecule has 1 atom stereocenters. The molecule has 2 heterocycles. The third-order valence-corrected chi connectivity index (χ3v) is 6.64. The number of ether oxygens (including phenoxy) is 1. The van der Waals surface area contributed by atoms with Gasteiger partial charge in [0.1, 0.15) is 23.9 Å². The molecule has 4 aromatic rings. The zero-order valence-electron chi connectivity index (χ0n) is 19.3. The molecule has 0 spiro atoms. The minimum atomic E-state index is -0.944. The number of aryl methyl sites for hydroxylation is 1. The van der Waals surface area contributed by atoms with Crippen LogP contribution < -0.4 is 9.64 Å². The Morgan fingerprint density at radius 1 is 1.06 bits per heavy atom. The average molecular weight is 499 g/mol. The summed E-state index contributed by atoms with van der Waals surface area (Å²) in [4.78, 5) is 31.6. The van der Waals surface area contributed by atoms with Crippen molar-refractivity contribution in [3.63, 3.8) is 0 Å². The predicted molar refractivity (Wildman–Crippen MR) is 137 cm³/mol. The standard InChI is InChI=1S/C28H22N2O5S/c1-17-4-2-5-18(14-17)16-35-22-10-8-19(9-11-22)25(32)23-24(20-6-3-7-21(31)15-20)30(27(34)26(23)33)28-29-12-13-36-28/h2-15,24,31-32H,16H2,1H3/b25-23+. The van der Waals surface area contributed by atoms with Crippen LogP contribution in [0.1, 0.15) is 28.3 Å². The van der Waals surface area contributed by atoms with Gasteiger partial charge < -0.3 is 14.9 Å². The van der Waals surface area contributed by atoms with E-state index in [4.69, 9.17) is 4.74 Å². The number of phenolic OH excluding ortho intramolecular Hbond substituents is 1. The molecule has 3 aromatic carbocycles. The molecule has 0 radical (unpaired) electrons. The van der Waals surface area contributed by atoms with Gasteiger partial charge in [-0.3, -0.25) is 14.5 Å². The third-order valence-electron chi connectivity index (χ3n) is 5.87. The van der Waals surface area contributed by atoms with Gasteiger partial charge in [0, 0.05) is 17.1 Å². The maximum absolute atomic E-state index is 13.1. The zero-order chi connectivity index (χ0) is 25.2. The van der Waals surface area contributed by atoms with Crippen molar-refractivity contribution in [2.45, 2.75) is 19.6 Å². The summed E-state index contributed by atoms with van der Waals surface area (Å²) in [5.41, 5.74) is 2.95. The fourth-order valence-corrected chi connectivity index (χ4v) is 4.88. The van der Waals surface area contributed by atoms with Crippen LogP contribution in [0.25, 0.3) is 5.76 Å². The highest BCUT2D eigenvalue weighted by atomic mass is 32.1. The molecule has 1 aromatic heterocycles. The number of nitrogens with zero attached hydrogens (tertiary/aromatic N) is 2. The Labute approximate surface area is 211 Å². The van der Waals surface area contributed by atoms with Gasteiger partial charge in [0.15, 0.2) is 5.13 Å². The van der Waals surface area contributed by atoms with E-state index in [0.29, 0.717) is 28.6 Å². The number of aromatic hydroxyl groups is 1. The first-order chi connectivity index (χ1) is 17.4. The summed E-state index contributed by atoms with van der Waals surface area (Å²) in [5, 5.41) is 23.3. The average Bonchev–Trinajstić information content (AvgIpc) is 3.49. The van der Waals surface area contributed by atoms with Crippen molar-refractivity contribution in [3.8, 4) is 11.5 Å². The number of amides is 1. The van der Waals surface area contributed by atoms with Crippen LogP contribution in [0.15, 0.2) is 89.9 Å². The second-order valence-electron chi connectivity index (χ2n) is 8.38. The van der Waals surface area contributed by atoms with Crippen LogP contribution >= 0.6 is 11.3 Å². The van der Waals surface area contributed by atoms with E-state index in [2.05, 4.69) is 4.98 Å². The second kappa shape index (κ2) is 9.67. The first kappa shape index (κ1) is 23.3. The number of ketones is 1. The molecule has 1 aliphatic rings. The molecule has 0 aliphatic carbocycles. The van der Waals surface area contributed by atoms with E-state index in [9.17, 15) is 19.8 Å². The fourth-order valence-electron chi connectivity index (χ4n) is 4.21. The highest BCUT2D eigenvalue weighted by Gasteiger charge is 2.48. The van der Waals surface area contributed by atoms with E-state index in [1.807, 2.05) is 31.2 Å². The molecule has 1 amide bonds. The van der Waals surface area contributed by atoms with E-state index in [1.165, 1.54) is 34.6 Å². The van der Waals surface area contributed by atoms with Gasteiger partial charge in [-0.1, -0.05) is 42.0 Å². The summed E-state index contributed by atoms with van der Waals surface area (Å²) in [5.74, 6) is -1.35. The lowest BCUT2D eigenvalue weighted by molar-refractivity contribution is -0.132. The summed E-state index contributed by atoms with van der Waals surface area (Å²) in [7, 11) is 0. The van der Waals surface area contributed by atoms with Crippen molar-refractivity contribution in [1.29, 1.82) is 0 Å². The second-order valence-corrected chi connectivity index (χ2v) is 9.25. The zero-order valence-corrected chi connectivity index (χ0v) is 20.1. The van der Waals surface area contributed by atoms with Crippen LogP contribution in [0.2, 0.25) is 0 Å². The topological polar surface area (TPSA) is 100.0 Å². The summed E-state index contributed by atoms with van der Waals surface area (Å²) in [6, 6.07) is 20.0. The summed E-state index contributed by atoms with van der Waals surface area (Å²) >= 11 is 1.20. The van der Waals surface area contributed by atoms with Gasteiger partial charge in [0.25, 0.3) is 5.78 Å². The van der Waals surface area contributed by atoms with Crippen molar-refractivity contribution >= 4 is 33.9 Å². The van der Waals surface area contributed by atoms with Crippen LogP contribution in [0, 0.1) is 6.92 Å². The smallest absolute Gasteiger partial charge is 0.301 e. The molecule has 1 unspecified atom stereocenters. The molecule has 8 heteroatoms. The number of aromatic nitrogens is 1. The molecular weight excluding hydrogens is 476 g/mol. The van der Waals surface area contributed by atoms with Crippen molar-refractivity contribution in [3.05, 3.63) is 112 Å². The molecule has 2 N–H and O–H groups in total. The lowest BCUT2D eigenvalue weighted by Gasteiger charge is -2.23. The molecule has 5 rings (SSSR count). The molecule has 1 saturated heterocycles. The molecule has 36 heavy (non-hydrogen) atoms. The number of carbonyl (C=O) groups is 2. The SMILES string of the molecule is Cc1cccc(COc2ccc(/C(O)=C3\C(=O)C(=O)N(c4nccs4)C3c3cccc(O)c3)cc2)c1. The summed E-state index contributed by atoms with van der Waals surface area (Å²) in [6.07, 6.45) is 1.54. The van der Waals surface area contributed by atoms with Gasteiger partial charge in [-0.2, -0.15) is 0 Å². The number of phenols is 1. The minimum absolute atomic E-state index is 0.0210. The fraction of sp³-hybridized carbons (Fsp3) is 0.107. The van der Waals surface area contributed by atoms with Crippen LogP contribution in [0.5, 0.6) is 11.5 Å². The molecule has 0 bridgehead atoms. The Morgan fingerprint density at radius 2 is 1.83 bits per heavy atom. The minimum Gasteiger partial charge on any atom is -0.508 e. The number of hydrogen-bond acceptors (Lipinski definition) is 7. The van der Waals surface area contributed by atoms with Gasteiger partial charge in [-0.05, 0) is 54.4 Å². The maximum Gasteiger partial charge on any atom is 0.301 e. The number of aliphatic hydroxyl groups excluding tert-OH is 1. The van der Waals surface area contributed by atoms with Crippen molar-refractivity contribution in [1.82, 2.24) is 4.98 Å². The van der Waals surface area contributed by atoms with Crippen LogP contribution in [0.3, 0.4) is 0 Å². The third kappa shape index (κ3) is 4.46. The monoisotopic (exact) mass is 498 g/mol. The highest BCUT2D eigenvalue weighted by Crippen LogP contribution is 2.43. The quantitative estimate of drug-likeness (QED) is 0.211. The number of Topliss-reactive ketones (excluding diaryl/α,β-unsaturated/α-hetero) is 1. The lowest BCUT2D eigenvalue weighted by atomic mass is 9.95. The van der Waals surface area contributed by atoms with Crippen LogP contribution in [0.4, 0.5) is 5.13 Å². The highest BCUT2D eigenvalue weighted by molar-refractivity contribution is 7.14. The number of hydrogen-bond donors (Lipinski definition) is 2. The number of anilines is 1. The first-order valence-electron chi connectivity index (χ1n) is 11.2. The number of aliphatic hydroxyl groups is 1.